The second kappa shape index (κ2) is 64.1. The summed E-state index contributed by atoms with van der Waals surface area (Å²) in [5, 5.41) is 18.2. The third-order valence-electron chi connectivity index (χ3n) is 20.0. The van der Waals surface area contributed by atoms with Gasteiger partial charge >= 0.3 is 35.8 Å². The fraction of sp³-hybridized carbons (Fsp3) is 0.627. The van der Waals surface area contributed by atoms with Gasteiger partial charge in [0.25, 0.3) is 0 Å². The molecule has 2 N–H and O–H groups in total. The molecule has 19 nitrogen and oxygen atoms in total. The molecule has 5 aromatic rings. The summed E-state index contributed by atoms with van der Waals surface area (Å²) >= 11 is 0. The first kappa shape index (κ1) is 110. The zero-order chi connectivity index (χ0) is 90.4. The monoisotopic (exact) mass is 1690 g/mol. The van der Waals surface area contributed by atoms with Gasteiger partial charge in [-0.2, -0.15) is 0 Å². The summed E-state index contributed by atoms with van der Waals surface area (Å²) < 4.78 is 48.8. The molecule has 0 radical (unpaired) electrons. The molecule has 5 rings (SSSR count). The molecule has 0 aliphatic heterocycles. The van der Waals surface area contributed by atoms with Crippen molar-refractivity contribution in [3.05, 3.63) is 149 Å². The van der Waals surface area contributed by atoms with E-state index >= 15 is 0 Å². The Labute approximate surface area is 729 Å². The number of hydrogen-bond acceptors (Lipinski definition) is 17. The fourth-order valence-electron chi connectivity index (χ4n) is 12.8. The number of esters is 4. The van der Waals surface area contributed by atoms with Crippen LogP contribution in [0.4, 0.5) is 0 Å². The number of ketones is 2. The number of Topliss-reactive ketones (excluding diaryl/α,β-unsaturated/α-hetero) is 2. The number of ether oxygens (including phenoxy) is 9. The number of aliphatic carboxylic acids is 2. The molecular formula is C102H158O19. The average Bonchev–Trinajstić information content (AvgIpc) is 0.870. The molecule has 0 aliphatic rings. The highest BCUT2D eigenvalue weighted by Crippen LogP contribution is 2.29. The number of hydrogen-bond donors (Lipinski definition) is 2. The van der Waals surface area contributed by atoms with Gasteiger partial charge in [0, 0.05) is 19.3 Å². The van der Waals surface area contributed by atoms with E-state index in [9.17, 15) is 38.4 Å². The zero-order valence-corrected chi connectivity index (χ0v) is 77.9. The molecule has 0 bridgehead atoms. The summed E-state index contributed by atoms with van der Waals surface area (Å²) in [5.74, 6) is 0.800. The maximum Gasteiger partial charge on any atom is 0.349 e. The van der Waals surface area contributed by atoms with Gasteiger partial charge < -0.3 is 62.4 Å². The lowest BCUT2D eigenvalue weighted by Gasteiger charge is -2.24. The van der Waals surface area contributed by atoms with Crippen LogP contribution in [0.15, 0.2) is 121 Å². The van der Waals surface area contributed by atoms with Gasteiger partial charge in [-0.05, 0) is 283 Å². The number of carboxylic acids is 2. The second-order valence-electron chi connectivity index (χ2n) is 33.8. The topological polar surface area (TPSA) is 260 Å². The Morgan fingerprint density at radius 1 is 0.256 bits per heavy atom. The van der Waals surface area contributed by atoms with Crippen molar-refractivity contribution in [2.75, 3.05) is 26.4 Å². The molecule has 5 aromatic carbocycles. The van der Waals surface area contributed by atoms with Crippen LogP contribution >= 0.6 is 0 Å². The SMILES string of the molecule is CC(=O)CCCCCCCc1cccc(OC(C)(C)C(=O)O)c1.CCCCCCCCCc1cccc(OC(C)(C)C(=O)O)c1.CCCCCCCCCc1cccc(OC(C)(C)C(=O)OCC)c1.CCOC(=O)C(C)(C)Oc1cccc(CCCCCCCC(C)=O)c1.CCOC(=O)CCCCCCCc1cccc(OC(C)(C)C(=O)OCC)c1. The van der Waals surface area contributed by atoms with Crippen LogP contribution < -0.4 is 23.7 Å². The van der Waals surface area contributed by atoms with Gasteiger partial charge in [-0.25, -0.2) is 24.0 Å². The van der Waals surface area contributed by atoms with E-state index < -0.39 is 39.9 Å². The number of carboxylic acid groups (broad SMARTS) is 2. The smallest absolute Gasteiger partial charge is 0.349 e. The van der Waals surface area contributed by atoms with Gasteiger partial charge in [-0.1, -0.05) is 209 Å². The van der Waals surface area contributed by atoms with Crippen molar-refractivity contribution >= 4 is 47.4 Å². The molecule has 0 fully saturated rings. The minimum Gasteiger partial charge on any atom is -0.478 e. The third kappa shape index (κ3) is 54.4. The fourth-order valence-corrected chi connectivity index (χ4v) is 12.8. The Morgan fingerprint density at radius 2 is 0.455 bits per heavy atom. The van der Waals surface area contributed by atoms with Crippen molar-refractivity contribution in [2.45, 2.75) is 390 Å². The number of carbonyl (C=O) groups is 8. The maximum absolute atomic E-state index is 12.0. The largest absolute Gasteiger partial charge is 0.478 e. The number of benzene rings is 5. The Balaban J connectivity index is 0.000000757. The molecular weight excluding hydrogens is 1530 g/mol. The lowest BCUT2D eigenvalue weighted by atomic mass is 10.0. The van der Waals surface area contributed by atoms with Crippen LogP contribution in [0.25, 0.3) is 0 Å². The number of aryl methyl sites for hydroxylation is 5. The van der Waals surface area contributed by atoms with Crippen molar-refractivity contribution in [3.8, 4) is 28.7 Å². The quantitative estimate of drug-likeness (QED) is 0.0208. The molecule has 0 unspecified atom stereocenters. The van der Waals surface area contributed by atoms with Gasteiger partial charge in [0.05, 0.1) is 26.4 Å². The summed E-state index contributed by atoms with van der Waals surface area (Å²) in [4.78, 5) is 91.0. The highest BCUT2D eigenvalue weighted by molar-refractivity contribution is 5.81. The highest BCUT2D eigenvalue weighted by atomic mass is 16.6. The van der Waals surface area contributed by atoms with Crippen LogP contribution in [0.2, 0.25) is 0 Å². The minimum atomic E-state index is -1.23. The van der Waals surface area contributed by atoms with E-state index in [1.807, 2.05) is 97.9 Å². The lowest BCUT2D eigenvalue weighted by Crippen LogP contribution is -2.39. The van der Waals surface area contributed by atoms with Crippen molar-refractivity contribution < 1.29 is 91.2 Å². The van der Waals surface area contributed by atoms with E-state index in [1.165, 1.54) is 119 Å². The van der Waals surface area contributed by atoms with Crippen molar-refractivity contribution in [1.29, 1.82) is 0 Å². The Bertz CT molecular complexity index is 3680. The molecule has 0 saturated carbocycles. The van der Waals surface area contributed by atoms with Crippen LogP contribution in [0.1, 0.15) is 358 Å². The van der Waals surface area contributed by atoms with Gasteiger partial charge in [-0.15, -0.1) is 0 Å². The summed E-state index contributed by atoms with van der Waals surface area (Å²) in [7, 11) is 0. The normalized spacial score (nSPS) is 11.3. The summed E-state index contributed by atoms with van der Waals surface area (Å²) in [5.41, 5.74) is 0.653. The summed E-state index contributed by atoms with van der Waals surface area (Å²) in [6, 6.07) is 39.3. The third-order valence-corrected chi connectivity index (χ3v) is 20.0. The van der Waals surface area contributed by atoms with E-state index in [4.69, 9.17) is 52.8 Å². The van der Waals surface area contributed by atoms with Crippen LogP contribution in [0.3, 0.4) is 0 Å². The number of rotatable bonds is 59. The predicted octanol–water partition coefficient (Wildman–Crippen LogP) is 25.1. The maximum atomic E-state index is 12.0. The standard InChI is InChI=1S/C22H34O5.C21H32O4.C21H34O3.C19H28O4.C19H30O3/c1-5-25-20(23)16-11-9-7-8-10-13-18-14-12-15-19(17-18)27-22(3,4)21(24)26-6-2;1-5-24-20(23)21(3,4)25-19-15-11-14-18(16-19)13-10-8-6-7-9-12-17(2)22;1-5-7-8-9-10-11-12-14-18-15-13-16-19(17-18)24-21(3,4)20(22)23-6-2;1-15(20)10-7-5-4-6-8-11-16-12-9-13-17(14-16)23-19(2,3)18(21)22;1-4-5-6-7-8-9-10-12-16-13-11-14-17(15-16)22-19(2,3)18(20)21/h12,14-15,17H,5-11,13,16H2,1-4H3;11,14-16H,5-10,12-13H2,1-4H3;13,15-17H,5-12,14H2,1-4H3;9,12-14H,4-8,10-11H2,1-3H3,(H,21,22);11,13-15H,4-10,12H2,1-3H3,(H,20,21). The van der Waals surface area contributed by atoms with Gasteiger partial charge in [0.15, 0.2) is 28.0 Å². The van der Waals surface area contributed by atoms with Crippen molar-refractivity contribution in [2.24, 2.45) is 0 Å². The summed E-state index contributed by atoms with van der Waals surface area (Å²) in [6.07, 6.45) is 41.5. The molecule has 680 valence electrons. The molecule has 0 aliphatic carbocycles. The van der Waals surface area contributed by atoms with Crippen LogP contribution in [0, 0.1) is 0 Å². The van der Waals surface area contributed by atoms with E-state index in [-0.39, 0.29) is 35.4 Å². The van der Waals surface area contributed by atoms with E-state index in [0.29, 0.717) is 68.7 Å². The first-order chi connectivity index (χ1) is 57.5. The summed E-state index contributed by atoms with van der Waals surface area (Å²) in [6.45, 7) is 33.1. The lowest BCUT2D eigenvalue weighted by molar-refractivity contribution is -0.159. The Morgan fingerprint density at radius 3 is 0.661 bits per heavy atom. The second-order valence-corrected chi connectivity index (χ2v) is 33.8. The van der Waals surface area contributed by atoms with E-state index in [2.05, 4.69) is 38.1 Å². The highest BCUT2D eigenvalue weighted by Gasteiger charge is 2.35. The van der Waals surface area contributed by atoms with Crippen molar-refractivity contribution in [3.63, 3.8) is 0 Å². The molecule has 121 heavy (non-hydrogen) atoms. The number of carbonyl (C=O) groups excluding carboxylic acids is 6. The van der Waals surface area contributed by atoms with Gasteiger partial charge in [0.2, 0.25) is 0 Å². The van der Waals surface area contributed by atoms with Gasteiger partial charge in [0.1, 0.15) is 40.3 Å². The van der Waals surface area contributed by atoms with Crippen LogP contribution in [-0.2, 0) is 89.4 Å². The Kier molecular flexibility index (Phi) is 58.4. The van der Waals surface area contributed by atoms with Gasteiger partial charge in [-0.3, -0.25) is 4.79 Å². The Hall–Kier alpha value is -8.74. The van der Waals surface area contributed by atoms with Crippen LogP contribution in [-0.4, -0.2) is 112 Å². The number of unbranched alkanes of at least 4 members (excludes halogenated alkanes) is 24. The molecule has 0 spiro atoms. The molecule has 0 atom stereocenters. The first-order valence-corrected chi connectivity index (χ1v) is 45.5. The molecule has 0 aromatic heterocycles. The van der Waals surface area contributed by atoms with Crippen molar-refractivity contribution in [1.82, 2.24) is 0 Å². The molecule has 0 saturated heterocycles. The first-order valence-electron chi connectivity index (χ1n) is 45.5. The average molecular weight is 1690 g/mol. The van der Waals surface area contributed by atoms with E-state index in [0.717, 1.165) is 133 Å². The van der Waals surface area contributed by atoms with E-state index in [1.54, 1.807) is 110 Å². The zero-order valence-electron chi connectivity index (χ0n) is 77.9. The molecule has 0 heterocycles. The minimum absolute atomic E-state index is 0.0972. The molecule has 0 amide bonds. The predicted molar refractivity (Wildman–Crippen MR) is 487 cm³/mol. The van der Waals surface area contributed by atoms with Crippen LogP contribution in [0.5, 0.6) is 28.7 Å². The molecule has 19 heteroatoms.